The summed E-state index contributed by atoms with van der Waals surface area (Å²) in [6, 6.07) is 10.4. The Hall–Kier alpha value is -2.71. The van der Waals surface area contributed by atoms with Crippen LogP contribution in [0.5, 0.6) is 11.5 Å². The van der Waals surface area contributed by atoms with Crippen LogP contribution in [0.25, 0.3) is 11.1 Å². The summed E-state index contributed by atoms with van der Waals surface area (Å²) in [7, 11) is -1.17. The summed E-state index contributed by atoms with van der Waals surface area (Å²) in [6.07, 6.45) is 5.03. The first-order chi connectivity index (χ1) is 16.0. The molecule has 2 aliphatic heterocycles. The van der Waals surface area contributed by atoms with E-state index < -0.39 is 16.6 Å². The summed E-state index contributed by atoms with van der Waals surface area (Å²) >= 11 is 5.86. The van der Waals surface area contributed by atoms with Crippen molar-refractivity contribution in [2.75, 3.05) is 24.6 Å². The van der Waals surface area contributed by atoms with Gasteiger partial charge in [-0.15, -0.1) is 0 Å². The third-order valence-electron chi connectivity index (χ3n) is 6.00. The SMILES string of the molecule is CC1Oc2cc(-c3ccc(OCC4CCN(c5ncc(Cl)cn5)CC4)c(F)c3)ccc2S1=O. The molecule has 2 unspecified atom stereocenters. The molecule has 2 aliphatic rings. The maximum absolute atomic E-state index is 14.8. The molecule has 1 saturated heterocycles. The van der Waals surface area contributed by atoms with Crippen LogP contribution in [0.4, 0.5) is 10.3 Å². The highest BCUT2D eigenvalue weighted by atomic mass is 35.5. The van der Waals surface area contributed by atoms with Crippen LogP contribution in [-0.4, -0.2) is 39.3 Å². The molecule has 0 spiro atoms. The molecule has 0 amide bonds. The molecule has 0 aliphatic carbocycles. The van der Waals surface area contributed by atoms with Gasteiger partial charge in [0.05, 0.1) is 39.7 Å². The normalized spacial score (nSPS) is 20.4. The monoisotopic (exact) mass is 487 g/mol. The molecule has 6 nitrogen and oxygen atoms in total. The molecule has 2 atom stereocenters. The molecule has 3 aromatic rings. The predicted molar refractivity (Wildman–Crippen MR) is 126 cm³/mol. The van der Waals surface area contributed by atoms with Gasteiger partial charge >= 0.3 is 0 Å². The fraction of sp³-hybridized carbons (Fsp3) is 0.333. The van der Waals surface area contributed by atoms with Gasteiger partial charge < -0.3 is 14.4 Å². The van der Waals surface area contributed by atoms with Crippen molar-refractivity contribution < 1.29 is 18.1 Å². The van der Waals surface area contributed by atoms with Crippen LogP contribution in [0, 0.1) is 11.7 Å². The van der Waals surface area contributed by atoms with Crippen LogP contribution >= 0.6 is 11.6 Å². The van der Waals surface area contributed by atoms with E-state index in [9.17, 15) is 8.60 Å². The minimum absolute atomic E-state index is 0.245. The molecule has 1 aromatic heterocycles. The topological polar surface area (TPSA) is 64.6 Å². The van der Waals surface area contributed by atoms with Crippen LogP contribution in [0.15, 0.2) is 53.7 Å². The number of ether oxygens (including phenoxy) is 2. The lowest BCUT2D eigenvalue weighted by atomic mass is 9.98. The van der Waals surface area contributed by atoms with Crippen LogP contribution in [0.1, 0.15) is 19.8 Å². The van der Waals surface area contributed by atoms with E-state index in [0.717, 1.165) is 31.5 Å². The molecule has 2 aromatic carbocycles. The van der Waals surface area contributed by atoms with Gasteiger partial charge in [-0.3, -0.25) is 4.21 Å². The van der Waals surface area contributed by atoms with Gasteiger partial charge in [-0.25, -0.2) is 14.4 Å². The summed E-state index contributed by atoms with van der Waals surface area (Å²) in [4.78, 5) is 11.3. The maximum atomic E-state index is 14.8. The van der Waals surface area contributed by atoms with E-state index in [0.29, 0.717) is 39.7 Å². The molecule has 0 N–H and O–H groups in total. The highest BCUT2D eigenvalue weighted by Crippen LogP contribution is 2.37. The molecule has 0 radical (unpaired) electrons. The maximum Gasteiger partial charge on any atom is 0.225 e. The largest absolute Gasteiger partial charge is 0.490 e. The fourth-order valence-electron chi connectivity index (χ4n) is 4.12. The van der Waals surface area contributed by atoms with Gasteiger partial charge in [-0.2, -0.15) is 0 Å². The van der Waals surface area contributed by atoms with E-state index >= 15 is 0 Å². The Morgan fingerprint density at radius 2 is 1.85 bits per heavy atom. The highest BCUT2D eigenvalue weighted by Gasteiger charge is 2.27. The lowest BCUT2D eigenvalue weighted by Gasteiger charge is -2.31. The molecule has 1 fully saturated rings. The lowest BCUT2D eigenvalue weighted by molar-refractivity contribution is 0.215. The molecular weight excluding hydrogens is 465 g/mol. The van der Waals surface area contributed by atoms with Crippen molar-refractivity contribution in [3.8, 4) is 22.6 Å². The quantitative estimate of drug-likeness (QED) is 0.500. The first kappa shape index (κ1) is 22.1. The van der Waals surface area contributed by atoms with Crippen molar-refractivity contribution in [3.05, 3.63) is 59.6 Å². The summed E-state index contributed by atoms with van der Waals surface area (Å²) in [5, 5.41) is 0.519. The second kappa shape index (κ2) is 9.27. The van der Waals surface area contributed by atoms with Crippen LogP contribution in [0.3, 0.4) is 0 Å². The number of nitrogens with zero attached hydrogens (tertiary/aromatic N) is 3. The molecule has 0 bridgehead atoms. The summed E-state index contributed by atoms with van der Waals surface area (Å²) in [5.41, 5.74) is 1.16. The van der Waals surface area contributed by atoms with Gasteiger partial charge in [-0.05, 0) is 61.1 Å². The van der Waals surface area contributed by atoms with Crippen molar-refractivity contribution in [3.63, 3.8) is 0 Å². The number of piperidine rings is 1. The number of benzene rings is 2. The Bertz CT molecular complexity index is 1190. The third-order valence-corrected chi connectivity index (χ3v) is 7.66. The fourth-order valence-corrected chi connectivity index (χ4v) is 5.27. The minimum Gasteiger partial charge on any atom is -0.490 e. The molecule has 9 heteroatoms. The Morgan fingerprint density at radius 3 is 2.58 bits per heavy atom. The van der Waals surface area contributed by atoms with Gasteiger partial charge in [0.2, 0.25) is 5.95 Å². The zero-order valence-corrected chi connectivity index (χ0v) is 19.6. The van der Waals surface area contributed by atoms with E-state index in [-0.39, 0.29) is 11.2 Å². The van der Waals surface area contributed by atoms with E-state index in [1.807, 2.05) is 18.2 Å². The molecule has 172 valence electrons. The van der Waals surface area contributed by atoms with Gasteiger partial charge in [0.25, 0.3) is 0 Å². The lowest BCUT2D eigenvalue weighted by Crippen LogP contribution is -2.36. The van der Waals surface area contributed by atoms with Crippen LogP contribution in [0.2, 0.25) is 5.02 Å². The van der Waals surface area contributed by atoms with Crippen molar-refractivity contribution in [1.29, 1.82) is 0 Å². The zero-order valence-electron chi connectivity index (χ0n) is 18.0. The zero-order chi connectivity index (χ0) is 22.9. The number of hydrogen-bond acceptors (Lipinski definition) is 6. The van der Waals surface area contributed by atoms with Gasteiger partial charge in [-0.1, -0.05) is 23.7 Å². The average Bonchev–Trinajstić information content (AvgIpc) is 3.12. The average molecular weight is 488 g/mol. The molecule has 33 heavy (non-hydrogen) atoms. The van der Waals surface area contributed by atoms with Crippen LogP contribution in [-0.2, 0) is 10.8 Å². The summed E-state index contributed by atoms with van der Waals surface area (Å²) in [6.45, 7) is 3.88. The molecule has 3 heterocycles. The van der Waals surface area contributed by atoms with Crippen molar-refractivity contribution >= 4 is 28.3 Å². The number of fused-ring (bicyclic) bond motifs is 1. The summed E-state index contributed by atoms with van der Waals surface area (Å²) < 4.78 is 38.4. The number of anilines is 1. The smallest absolute Gasteiger partial charge is 0.225 e. The second-order valence-electron chi connectivity index (χ2n) is 8.23. The van der Waals surface area contributed by atoms with E-state index in [4.69, 9.17) is 21.1 Å². The van der Waals surface area contributed by atoms with E-state index in [2.05, 4.69) is 14.9 Å². The van der Waals surface area contributed by atoms with Crippen molar-refractivity contribution in [2.24, 2.45) is 5.92 Å². The molecule has 0 saturated carbocycles. The Morgan fingerprint density at radius 1 is 1.15 bits per heavy atom. The van der Waals surface area contributed by atoms with Gasteiger partial charge in [0, 0.05) is 13.1 Å². The Kier molecular flexibility index (Phi) is 6.21. The minimum atomic E-state index is -1.17. The van der Waals surface area contributed by atoms with Crippen molar-refractivity contribution in [1.82, 2.24) is 9.97 Å². The number of hydrogen-bond donors (Lipinski definition) is 0. The highest BCUT2D eigenvalue weighted by molar-refractivity contribution is 7.85. The predicted octanol–water partition coefficient (Wildman–Crippen LogP) is 5.08. The standard InChI is InChI=1S/C24H23ClFN3O3S/c1-15-32-22-11-18(3-5-23(22)33(15)30)17-2-4-21(20(26)10-17)31-14-16-6-8-29(9-7-16)24-27-12-19(25)13-28-24/h2-5,10-13,15-16H,6-9,14H2,1H3. The van der Waals surface area contributed by atoms with Crippen molar-refractivity contribution in [2.45, 2.75) is 30.1 Å². The first-order valence-electron chi connectivity index (χ1n) is 10.8. The third kappa shape index (κ3) is 4.68. The Balaban J connectivity index is 1.19. The van der Waals surface area contributed by atoms with Gasteiger partial charge in [0.15, 0.2) is 17.0 Å². The second-order valence-corrected chi connectivity index (χ2v) is 10.4. The summed E-state index contributed by atoms with van der Waals surface area (Å²) in [5.74, 6) is 1.45. The number of aromatic nitrogens is 2. The van der Waals surface area contributed by atoms with E-state index in [1.54, 1.807) is 31.5 Å². The van der Waals surface area contributed by atoms with Gasteiger partial charge in [0.1, 0.15) is 5.75 Å². The van der Waals surface area contributed by atoms with Crippen LogP contribution < -0.4 is 14.4 Å². The number of halogens is 2. The Labute approximate surface area is 199 Å². The first-order valence-corrected chi connectivity index (χ1v) is 12.4. The van der Waals surface area contributed by atoms with E-state index in [1.165, 1.54) is 6.07 Å². The number of rotatable bonds is 5. The molecule has 5 rings (SSSR count). The molecular formula is C24H23ClFN3O3S.